The molecular weight excluding hydrogens is 358 g/mol. The van der Waals surface area contributed by atoms with Crippen molar-refractivity contribution in [3.05, 3.63) is 22.5 Å². The second-order valence-corrected chi connectivity index (χ2v) is 8.22. The first-order chi connectivity index (χ1) is 10.3. The molecule has 0 bridgehead atoms. The van der Waals surface area contributed by atoms with Gasteiger partial charge in [-0.05, 0) is 11.4 Å². The lowest BCUT2D eigenvalue weighted by molar-refractivity contribution is -0.116. The van der Waals surface area contributed by atoms with Gasteiger partial charge in [0.25, 0.3) is 16.4 Å². The Labute approximate surface area is 132 Å². The summed E-state index contributed by atoms with van der Waals surface area (Å²) in [6.45, 7) is -0.468. The monoisotopic (exact) mass is 368 g/mol. The molecule has 7 nitrogen and oxygen atoms in total. The Bertz CT molecular complexity index is 745. The maximum atomic E-state index is 12.4. The van der Waals surface area contributed by atoms with Crippen molar-refractivity contribution in [1.29, 1.82) is 0 Å². The topological polar surface area (TPSA) is 92.3 Å². The van der Waals surface area contributed by atoms with E-state index in [2.05, 4.69) is 15.5 Å². The number of alkyl halides is 2. The molecule has 0 atom stereocenters. The molecule has 22 heavy (non-hydrogen) atoms. The van der Waals surface area contributed by atoms with Gasteiger partial charge in [0.1, 0.15) is 4.21 Å². The van der Waals surface area contributed by atoms with Crippen LogP contribution in [0.4, 0.5) is 13.9 Å². The van der Waals surface area contributed by atoms with Gasteiger partial charge >= 0.3 is 0 Å². The van der Waals surface area contributed by atoms with Gasteiger partial charge in [0.15, 0.2) is 5.01 Å². The minimum atomic E-state index is -3.75. The lowest BCUT2D eigenvalue weighted by atomic mass is 10.6. The SMILES string of the molecule is CN(CC(=O)Nc1nnc(C(F)F)s1)S(=O)(=O)c1cccs1. The zero-order chi connectivity index (χ0) is 16.3. The molecule has 0 spiro atoms. The Morgan fingerprint density at radius 3 is 2.73 bits per heavy atom. The van der Waals surface area contributed by atoms with E-state index in [9.17, 15) is 22.0 Å². The van der Waals surface area contributed by atoms with Crippen molar-refractivity contribution in [3.63, 3.8) is 0 Å². The van der Waals surface area contributed by atoms with E-state index in [4.69, 9.17) is 0 Å². The van der Waals surface area contributed by atoms with E-state index >= 15 is 0 Å². The Hall–Kier alpha value is -1.50. The largest absolute Gasteiger partial charge is 0.299 e. The number of aromatic nitrogens is 2. The number of likely N-dealkylation sites (N-methyl/N-ethyl adjacent to an activating group) is 1. The molecule has 0 aliphatic carbocycles. The third-order valence-corrected chi connectivity index (χ3v) is 6.42. The Kier molecular flexibility index (Phi) is 5.16. The van der Waals surface area contributed by atoms with E-state index in [1.54, 1.807) is 11.4 Å². The van der Waals surface area contributed by atoms with E-state index in [-0.39, 0.29) is 9.34 Å². The van der Waals surface area contributed by atoms with Gasteiger partial charge in [-0.2, -0.15) is 4.31 Å². The number of hydrogen-bond acceptors (Lipinski definition) is 7. The molecule has 2 aromatic rings. The van der Waals surface area contributed by atoms with Gasteiger partial charge in [0.05, 0.1) is 6.54 Å². The Morgan fingerprint density at radius 1 is 1.45 bits per heavy atom. The summed E-state index contributed by atoms with van der Waals surface area (Å²) < 4.78 is 49.9. The van der Waals surface area contributed by atoms with Crippen LogP contribution in [0, 0.1) is 0 Å². The highest BCUT2D eigenvalue weighted by Gasteiger charge is 2.24. The quantitative estimate of drug-likeness (QED) is 0.839. The Balaban J connectivity index is 1.99. The fourth-order valence-electron chi connectivity index (χ4n) is 1.38. The maximum absolute atomic E-state index is 12.4. The molecule has 1 N–H and O–H groups in total. The maximum Gasteiger partial charge on any atom is 0.291 e. The molecule has 2 aromatic heterocycles. The van der Waals surface area contributed by atoms with Crippen LogP contribution in [0.2, 0.25) is 0 Å². The van der Waals surface area contributed by atoms with Crippen molar-refractivity contribution < 1.29 is 22.0 Å². The van der Waals surface area contributed by atoms with Gasteiger partial charge in [-0.1, -0.05) is 17.4 Å². The molecule has 0 saturated heterocycles. The molecule has 0 saturated carbocycles. The predicted octanol–water partition coefficient (Wildman–Crippen LogP) is 1.80. The van der Waals surface area contributed by atoms with Crippen LogP contribution in [0.15, 0.2) is 21.7 Å². The van der Waals surface area contributed by atoms with Crippen LogP contribution >= 0.6 is 22.7 Å². The summed E-state index contributed by atoms with van der Waals surface area (Å²) in [5.74, 6) is -0.695. The summed E-state index contributed by atoms with van der Waals surface area (Å²) in [4.78, 5) is 11.8. The minimum Gasteiger partial charge on any atom is -0.299 e. The van der Waals surface area contributed by atoms with E-state index in [1.165, 1.54) is 13.1 Å². The summed E-state index contributed by atoms with van der Waals surface area (Å²) in [5.41, 5.74) is 0. The number of thiophene rings is 1. The number of halogens is 2. The molecule has 12 heteroatoms. The van der Waals surface area contributed by atoms with Crippen molar-refractivity contribution >= 4 is 43.7 Å². The normalized spacial score (nSPS) is 12.0. The van der Waals surface area contributed by atoms with Crippen molar-refractivity contribution in [2.45, 2.75) is 10.6 Å². The zero-order valence-corrected chi connectivity index (χ0v) is 13.5. The first-order valence-corrected chi connectivity index (χ1v) is 8.85. The summed E-state index contributed by atoms with van der Waals surface area (Å²) in [7, 11) is -2.50. The molecule has 2 rings (SSSR count). The van der Waals surface area contributed by atoms with E-state index in [0.29, 0.717) is 11.3 Å². The number of anilines is 1. The second kappa shape index (κ2) is 6.73. The smallest absolute Gasteiger partial charge is 0.291 e. The van der Waals surface area contributed by atoms with Crippen molar-refractivity contribution in [3.8, 4) is 0 Å². The van der Waals surface area contributed by atoms with Gasteiger partial charge < -0.3 is 0 Å². The van der Waals surface area contributed by atoms with Crippen LogP contribution < -0.4 is 5.32 Å². The molecule has 1 amide bonds. The highest BCUT2D eigenvalue weighted by Crippen LogP contribution is 2.25. The number of amides is 1. The number of rotatable bonds is 6. The summed E-state index contributed by atoms with van der Waals surface area (Å²) in [5, 5.41) is 9.81. The molecule has 2 heterocycles. The Morgan fingerprint density at radius 2 is 2.18 bits per heavy atom. The molecule has 0 radical (unpaired) electrons. The average molecular weight is 368 g/mol. The fraction of sp³-hybridized carbons (Fsp3) is 0.300. The molecule has 0 aliphatic heterocycles. The molecule has 0 aromatic carbocycles. The van der Waals surface area contributed by atoms with Gasteiger partial charge in [0, 0.05) is 7.05 Å². The van der Waals surface area contributed by atoms with Crippen LogP contribution in [0.1, 0.15) is 11.4 Å². The standard InChI is InChI=1S/C10H10F2N4O3S3/c1-16(22(18,19)7-3-2-4-20-7)5-6(17)13-10-15-14-9(21-10)8(11)12/h2-4,8H,5H2,1H3,(H,13,15,17). The van der Waals surface area contributed by atoms with Crippen molar-refractivity contribution in [2.75, 3.05) is 18.9 Å². The van der Waals surface area contributed by atoms with Gasteiger partial charge in [0.2, 0.25) is 11.0 Å². The first-order valence-electron chi connectivity index (χ1n) is 5.72. The number of carbonyl (C=O) groups excluding carboxylic acids is 1. The van der Waals surface area contributed by atoms with E-state index in [0.717, 1.165) is 15.6 Å². The highest BCUT2D eigenvalue weighted by atomic mass is 32.2. The average Bonchev–Trinajstić information content (AvgIpc) is 3.09. The molecule has 120 valence electrons. The van der Waals surface area contributed by atoms with Gasteiger partial charge in [-0.3, -0.25) is 10.1 Å². The molecule has 0 aliphatic rings. The predicted molar refractivity (Wildman–Crippen MR) is 77.6 cm³/mol. The van der Waals surface area contributed by atoms with E-state index < -0.39 is 33.9 Å². The third kappa shape index (κ3) is 3.82. The molecule has 0 fully saturated rings. The van der Waals surface area contributed by atoms with Crippen LogP contribution in [0.25, 0.3) is 0 Å². The summed E-state index contributed by atoms with van der Waals surface area (Å²) in [6, 6.07) is 3.01. The number of nitrogens with zero attached hydrogens (tertiary/aromatic N) is 3. The van der Waals surface area contributed by atoms with Crippen molar-refractivity contribution in [2.24, 2.45) is 0 Å². The number of carbonyl (C=O) groups is 1. The third-order valence-electron chi connectivity index (χ3n) is 2.40. The number of hydrogen-bond donors (Lipinski definition) is 1. The molecule has 0 unspecified atom stereocenters. The highest BCUT2D eigenvalue weighted by molar-refractivity contribution is 7.91. The lowest BCUT2D eigenvalue weighted by Gasteiger charge is -2.14. The second-order valence-electron chi connectivity index (χ2n) is 3.99. The van der Waals surface area contributed by atoms with Gasteiger partial charge in [-0.15, -0.1) is 21.5 Å². The summed E-state index contributed by atoms with van der Waals surface area (Å²) >= 11 is 1.56. The van der Waals surface area contributed by atoms with Crippen molar-refractivity contribution in [1.82, 2.24) is 14.5 Å². The molecular formula is C10H10F2N4O3S3. The van der Waals surface area contributed by atoms with Crippen LogP contribution in [-0.4, -0.2) is 42.4 Å². The fourth-order valence-corrected chi connectivity index (χ4v) is 4.33. The number of nitrogens with one attached hydrogen (secondary N) is 1. The number of sulfonamides is 1. The van der Waals surface area contributed by atoms with Crippen LogP contribution in [0.3, 0.4) is 0 Å². The lowest BCUT2D eigenvalue weighted by Crippen LogP contribution is -2.34. The zero-order valence-electron chi connectivity index (χ0n) is 11.1. The van der Waals surface area contributed by atoms with Crippen LogP contribution in [-0.2, 0) is 14.8 Å². The van der Waals surface area contributed by atoms with Gasteiger partial charge in [-0.25, -0.2) is 17.2 Å². The van der Waals surface area contributed by atoms with E-state index in [1.807, 2.05) is 0 Å². The van der Waals surface area contributed by atoms with Crippen LogP contribution in [0.5, 0.6) is 0 Å². The minimum absolute atomic E-state index is 0.109. The summed E-state index contributed by atoms with van der Waals surface area (Å²) in [6.07, 6.45) is -2.77. The first kappa shape index (κ1) is 16.9.